The van der Waals surface area contributed by atoms with Gasteiger partial charge in [0.15, 0.2) is 0 Å². The van der Waals surface area contributed by atoms with Crippen molar-refractivity contribution in [3.8, 4) is 0 Å². The minimum atomic E-state index is 0.345. The van der Waals surface area contributed by atoms with Gasteiger partial charge in [0, 0.05) is 25.2 Å². The second kappa shape index (κ2) is 34.7. The van der Waals surface area contributed by atoms with E-state index in [4.69, 9.17) is 4.84 Å². The molecule has 0 saturated heterocycles. The first-order chi connectivity index (χ1) is 22.8. The van der Waals surface area contributed by atoms with Gasteiger partial charge in [0.05, 0.1) is 6.10 Å². The summed E-state index contributed by atoms with van der Waals surface area (Å²) in [4.78, 5) is 8.66. The molecule has 3 nitrogen and oxygen atoms in total. The lowest BCUT2D eigenvalue weighted by Crippen LogP contribution is -2.31. The van der Waals surface area contributed by atoms with Gasteiger partial charge in [-0.2, -0.15) is 0 Å². The molecule has 1 rings (SSSR count). The second-order valence-corrected chi connectivity index (χ2v) is 13.8. The Labute approximate surface area is 288 Å². The number of unbranched alkanes of at least 4 members (excludes halogenated alkanes) is 18. The highest BCUT2D eigenvalue weighted by Crippen LogP contribution is 2.18. The molecular formula is C43H78N2O. The second-order valence-electron chi connectivity index (χ2n) is 13.8. The van der Waals surface area contributed by atoms with Gasteiger partial charge in [-0.15, -0.1) is 0 Å². The molecule has 0 radical (unpaired) electrons. The molecule has 0 aromatic heterocycles. The molecule has 3 heteroatoms. The smallest absolute Gasteiger partial charge is 0.0853 e. The molecule has 46 heavy (non-hydrogen) atoms. The Hall–Kier alpha value is -1.58. The maximum absolute atomic E-state index is 6.30. The van der Waals surface area contributed by atoms with Crippen LogP contribution in [0.4, 0.5) is 0 Å². The number of nitrogens with one attached hydrogen (secondary N) is 1. The maximum Gasteiger partial charge on any atom is 0.0853 e. The van der Waals surface area contributed by atoms with Gasteiger partial charge in [0.2, 0.25) is 0 Å². The van der Waals surface area contributed by atoms with Crippen LogP contribution in [-0.2, 0) is 4.84 Å². The average molecular weight is 639 g/mol. The highest BCUT2D eigenvalue weighted by Gasteiger charge is 2.13. The quantitative estimate of drug-likeness (QED) is 0.0440. The molecule has 0 fully saturated rings. The lowest BCUT2D eigenvalue weighted by Gasteiger charge is -2.25. The Morgan fingerprint density at radius 1 is 0.587 bits per heavy atom. The van der Waals surface area contributed by atoms with Crippen molar-refractivity contribution in [1.82, 2.24) is 10.4 Å². The third-order valence-corrected chi connectivity index (χ3v) is 9.22. The van der Waals surface area contributed by atoms with Gasteiger partial charge in [-0.1, -0.05) is 152 Å². The van der Waals surface area contributed by atoms with Gasteiger partial charge in [0.25, 0.3) is 0 Å². The Morgan fingerprint density at radius 3 is 1.41 bits per heavy atom. The largest absolute Gasteiger partial charge is 0.302 e. The van der Waals surface area contributed by atoms with Crippen LogP contribution < -0.4 is 5.48 Å². The third kappa shape index (κ3) is 29.8. The average Bonchev–Trinajstić information content (AvgIpc) is 3.07. The van der Waals surface area contributed by atoms with Crippen LogP contribution >= 0.6 is 0 Å². The molecule has 0 aliphatic carbocycles. The van der Waals surface area contributed by atoms with E-state index in [0.717, 1.165) is 32.4 Å². The number of likely N-dealkylation sites (N-methyl/N-ethyl adjacent to an activating group) is 1. The number of nitrogens with zero attached hydrogens (tertiary/aromatic N) is 1. The minimum Gasteiger partial charge on any atom is -0.302 e. The van der Waals surface area contributed by atoms with Crippen LogP contribution in [0.15, 0.2) is 60.4 Å². The molecule has 1 aliphatic rings. The maximum atomic E-state index is 6.30. The Bertz CT molecular complexity index is 732. The van der Waals surface area contributed by atoms with Crippen molar-refractivity contribution in [3.63, 3.8) is 0 Å². The molecule has 0 unspecified atom stereocenters. The van der Waals surface area contributed by atoms with E-state index in [1.165, 1.54) is 160 Å². The number of allylic oxidation sites excluding steroid dienone is 8. The summed E-state index contributed by atoms with van der Waals surface area (Å²) in [5, 5.41) is 0. The van der Waals surface area contributed by atoms with Gasteiger partial charge in [-0.3, -0.25) is 10.3 Å². The monoisotopic (exact) mass is 639 g/mol. The van der Waals surface area contributed by atoms with Crippen molar-refractivity contribution in [2.24, 2.45) is 0 Å². The fraction of sp³-hybridized carbons (Fsp3) is 0.767. The Kier molecular flexibility index (Phi) is 32.1. The molecule has 0 aromatic carbocycles. The summed E-state index contributed by atoms with van der Waals surface area (Å²) in [5.74, 6) is 0. The summed E-state index contributed by atoms with van der Waals surface area (Å²) in [6.45, 7) is 6.68. The summed E-state index contributed by atoms with van der Waals surface area (Å²) in [5.41, 5.74) is 4.64. The van der Waals surface area contributed by atoms with E-state index in [1.807, 2.05) is 0 Å². The summed E-state index contributed by atoms with van der Waals surface area (Å²) in [6, 6.07) is 0. The lowest BCUT2D eigenvalue weighted by molar-refractivity contribution is -0.0219. The van der Waals surface area contributed by atoms with Crippen LogP contribution in [0.2, 0.25) is 0 Å². The van der Waals surface area contributed by atoms with Gasteiger partial charge >= 0.3 is 0 Å². The van der Waals surface area contributed by atoms with Gasteiger partial charge in [-0.05, 0) is 90.2 Å². The predicted molar refractivity (Wildman–Crippen MR) is 206 cm³/mol. The Morgan fingerprint density at radius 2 is 1.00 bits per heavy atom. The molecule has 1 heterocycles. The van der Waals surface area contributed by atoms with Crippen LogP contribution in [0.5, 0.6) is 0 Å². The van der Waals surface area contributed by atoms with Crippen molar-refractivity contribution in [2.45, 2.75) is 193 Å². The number of hydroxylamine groups is 1. The number of rotatable bonds is 33. The zero-order valence-corrected chi connectivity index (χ0v) is 31.1. The summed E-state index contributed by atoms with van der Waals surface area (Å²) < 4.78 is 0. The van der Waals surface area contributed by atoms with E-state index in [1.54, 1.807) is 0 Å². The minimum absolute atomic E-state index is 0.345. The van der Waals surface area contributed by atoms with E-state index in [-0.39, 0.29) is 0 Å². The zero-order valence-electron chi connectivity index (χ0n) is 31.1. The van der Waals surface area contributed by atoms with E-state index < -0.39 is 0 Å². The Balaban J connectivity index is 2.11. The van der Waals surface area contributed by atoms with Crippen molar-refractivity contribution >= 4 is 0 Å². The first kappa shape index (κ1) is 42.4. The predicted octanol–water partition coefficient (Wildman–Crippen LogP) is 13.5. The number of hydrogen-bond acceptors (Lipinski definition) is 3. The normalized spacial score (nSPS) is 15.2. The fourth-order valence-corrected chi connectivity index (χ4v) is 6.01. The van der Waals surface area contributed by atoms with Crippen molar-refractivity contribution in [3.05, 3.63) is 60.4 Å². The topological polar surface area (TPSA) is 24.5 Å². The SMILES string of the molecule is CCCCCC=CCC=CCCCCCCCCC(CCCCCCCCC=CCC=CCCCCC)ONC1=CCN(C)CC1. The van der Waals surface area contributed by atoms with Crippen LogP contribution in [0, 0.1) is 0 Å². The van der Waals surface area contributed by atoms with E-state index in [9.17, 15) is 0 Å². The molecule has 0 bridgehead atoms. The molecule has 1 N–H and O–H groups in total. The summed E-state index contributed by atoms with van der Waals surface area (Å²) in [7, 11) is 2.19. The van der Waals surface area contributed by atoms with E-state index in [0.29, 0.717) is 6.10 Å². The highest BCUT2D eigenvalue weighted by atomic mass is 16.7. The van der Waals surface area contributed by atoms with Crippen molar-refractivity contribution in [2.75, 3.05) is 20.1 Å². The third-order valence-electron chi connectivity index (χ3n) is 9.22. The zero-order chi connectivity index (χ0) is 33.0. The molecule has 266 valence electrons. The van der Waals surface area contributed by atoms with Gasteiger partial charge < -0.3 is 4.90 Å². The van der Waals surface area contributed by atoms with Crippen LogP contribution in [0.3, 0.4) is 0 Å². The van der Waals surface area contributed by atoms with Gasteiger partial charge in [0.1, 0.15) is 0 Å². The summed E-state index contributed by atoms with van der Waals surface area (Å²) in [6.07, 6.45) is 56.3. The molecule has 1 aliphatic heterocycles. The summed E-state index contributed by atoms with van der Waals surface area (Å²) >= 11 is 0. The lowest BCUT2D eigenvalue weighted by atomic mass is 10.0. The highest BCUT2D eigenvalue weighted by molar-refractivity contribution is 5.03. The molecule has 0 amide bonds. The first-order valence-corrected chi connectivity index (χ1v) is 20.2. The number of hydrogen-bond donors (Lipinski definition) is 1. The first-order valence-electron chi connectivity index (χ1n) is 20.2. The molecular weight excluding hydrogens is 560 g/mol. The van der Waals surface area contributed by atoms with Crippen molar-refractivity contribution in [1.29, 1.82) is 0 Å². The van der Waals surface area contributed by atoms with E-state index >= 15 is 0 Å². The molecule has 0 spiro atoms. The van der Waals surface area contributed by atoms with E-state index in [2.05, 4.69) is 86.0 Å². The van der Waals surface area contributed by atoms with Crippen LogP contribution in [-0.4, -0.2) is 31.1 Å². The van der Waals surface area contributed by atoms with Crippen LogP contribution in [0.25, 0.3) is 0 Å². The van der Waals surface area contributed by atoms with Crippen molar-refractivity contribution < 1.29 is 4.84 Å². The fourth-order valence-electron chi connectivity index (χ4n) is 6.01. The molecule has 0 aromatic rings. The van der Waals surface area contributed by atoms with Crippen LogP contribution in [0.1, 0.15) is 187 Å². The van der Waals surface area contributed by atoms with Gasteiger partial charge in [-0.25, -0.2) is 0 Å². The molecule has 0 saturated carbocycles. The molecule has 0 atom stereocenters. The standard InChI is InChI=1S/C43H78N2O/c1-4-6-8-10-12-14-16-18-20-22-24-26-28-30-32-34-36-43(46-44-42-38-40-45(3)41-39-42)37-35-33-31-29-27-25-23-21-19-17-15-13-11-9-7-5-2/h12-15,18-21,38,43-44H,4-11,16-17,22-37,39-41H2,1-3H3.